The Labute approximate surface area is 184 Å². The average molecular weight is 434 g/mol. The first-order valence-electron chi connectivity index (χ1n) is 10.4. The number of hydrogen-bond acceptors (Lipinski definition) is 4. The normalized spacial score (nSPS) is 22.9. The highest BCUT2D eigenvalue weighted by molar-refractivity contribution is 7.89. The molecule has 3 aromatic rings. The summed E-state index contributed by atoms with van der Waals surface area (Å²) < 4.78 is 25.5. The Morgan fingerprint density at radius 3 is 2.06 bits per heavy atom. The minimum atomic E-state index is -3.72. The number of benzene rings is 3. The molecule has 160 valence electrons. The Kier molecular flexibility index (Phi) is 6.20. The molecule has 0 radical (unpaired) electrons. The van der Waals surface area contributed by atoms with Gasteiger partial charge >= 0.3 is 0 Å². The van der Waals surface area contributed by atoms with Crippen LogP contribution in [0, 0.1) is 12.8 Å². The Morgan fingerprint density at radius 2 is 1.45 bits per heavy atom. The topological polar surface area (TPSA) is 70.6 Å². The van der Waals surface area contributed by atoms with Crippen LogP contribution in [0.25, 0.3) is 0 Å². The summed E-state index contributed by atoms with van der Waals surface area (Å²) >= 11 is 0. The van der Waals surface area contributed by atoms with Gasteiger partial charge in [-0.1, -0.05) is 85.3 Å². The summed E-state index contributed by atoms with van der Waals surface area (Å²) in [7, 11) is -3.72. The van der Waals surface area contributed by atoms with Crippen LogP contribution >= 0.6 is 0 Å². The van der Waals surface area contributed by atoms with Crippen molar-refractivity contribution in [1.29, 1.82) is 0 Å². The van der Waals surface area contributed by atoms with E-state index in [1.165, 1.54) is 0 Å². The zero-order valence-corrected chi connectivity index (χ0v) is 18.5. The minimum absolute atomic E-state index is 0.0304. The molecule has 2 N–H and O–H groups in total. The molecule has 3 aromatic carbocycles. The second kappa shape index (κ2) is 9.04. The number of nitrogens with one attached hydrogen (secondary N) is 2. The van der Waals surface area contributed by atoms with Crippen molar-refractivity contribution >= 4 is 15.7 Å². The van der Waals surface area contributed by atoms with E-state index in [2.05, 4.69) is 46.4 Å². The van der Waals surface area contributed by atoms with Crippen LogP contribution in [0.5, 0.6) is 0 Å². The molecule has 1 saturated heterocycles. The van der Waals surface area contributed by atoms with Crippen molar-refractivity contribution in [3.63, 3.8) is 0 Å². The second-order valence-electron chi connectivity index (χ2n) is 8.02. The van der Waals surface area contributed by atoms with Crippen molar-refractivity contribution < 1.29 is 8.42 Å². The molecule has 0 spiro atoms. The van der Waals surface area contributed by atoms with Gasteiger partial charge in [-0.25, -0.2) is 4.83 Å². The molecule has 0 unspecified atom stereocenters. The fourth-order valence-corrected chi connectivity index (χ4v) is 4.83. The van der Waals surface area contributed by atoms with Crippen LogP contribution in [-0.2, 0) is 10.0 Å². The summed E-state index contributed by atoms with van der Waals surface area (Å²) in [5, 5.41) is 8.17. The van der Waals surface area contributed by atoms with Crippen LogP contribution in [0.2, 0.25) is 0 Å². The maximum Gasteiger partial charge on any atom is 0.276 e. The summed E-state index contributed by atoms with van der Waals surface area (Å²) in [6.45, 7) is 4.01. The number of hydrazone groups is 1. The van der Waals surface area contributed by atoms with Crippen molar-refractivity contribution in [3.8, 4) is 0 Å². The lowest BCUT2D eigenvalue weighted by atomic mass is 9.81. The van der Waals surface area contributed by atoms with Gasteiger partial charge in [-0.3, -0.25) is 0 Å². The quantitative estimate of drug-likeness (QED) is 0.571. The highest BCUT2D eigenvalue weighted by Gasteiger charge is 2.34. The van der Waals surface area contributed by atoms with Crippen LogP contribution in [0.15, 0.2) is 94.9 Å². The number of aryl methyl sites for hydroxylation is 1. The molecular weight excluding hydrogens is 406 g/mol. The van der Waals surface area contributed by atoms with Crippen LogP contribution in [0.1, 0.15) is 42.1 Å². The van der Waals surface area contributed by atoms with Crippen molar-refractivity contribution in [3.05, 3.63) is 102 Å². The SMILES string of the molecule is Cc1ccc(S(=O)(=O)N/N=C2/C[C@@H](c3ccccc3)N[C@@H](c3ccccc3)[C@@H]2C)cc1. The maximum atomic E-state index is 12.8. The van der Waals surface area contributed by atoms with E-state index in [4.69, 9.17) is 0 Å². The predicted molar refractivity (Wildman–Crippen MR) is 124 cm³/mol. The highest BCUT2D eigenvalue weighted by Crippen LogP contribution is 2.35. The Balaban J connectivity index is 1.65. The van der Waals surface area contributed by atoms with Gasteiger partial charge in [0.25, 0.3) is 10.0 Å². The molecule has 1 aliphatic rings. The molecule has 31 heavy (non-hydrogen) atoms. The molecule has 0 aliphatic carbocycles. The fraction of sp³-hybridized carbons (Fsp3) is 0.240. The van der Waals surface area contributed by atoms with Gasteiger partial charge in [0.2, 0.25) is 0 Å². The van der Waals surface area contributed by atoms with E-state index in [1.807, 2.05) is 43.3 Å². The third kappa shape index (κ3) is 4.86. The van der Waals surface area contributed by atoms with E-state index in [0.29, 0.717) is 6.42 Å². The number of nitrogens with zero attached hydrogens (tertiary/aromatic N) is 1. The van der Waals surface area contributed by atoms with E-state index >= 15 is 0 Å². The number of rotatable bonds is 5. The Bertz CT molecular complexity index is 1140. The summed E-state index contributed by atoms with van der Waals surface area (Å²) in [5.74, 6) is 0.0306. The molecule has 0 aromatic heterocycles. The lowest BCUT2D eigenvalue weighted by molar-refractivity contribution is 0.363. The zero-order chi connectivity index (χ0) is 21.8. The second-order valence-corrected chi connectivity index (χ2v) is 9.68. The first kappa shape index (κ1) is 21.3. The summed E-state index contributed by atoms with van der Waals surface area (Å²) in [6, 6.07) is 27.3. The van der Waals surface area contributed by atoms with Crippen molar-refractivity contribution in [1.82, 2.24) is 10.1 Å². The summed E-state index contributed by atoms with van der Waals surface area (Å²) in [5.41, 5.74) is 4.15. The monoisotopic (exact) mass is 433 g/mol. The van der Waals surface area contributed by atoms with E-state index in [-0.39, 0.29) is 22.9 Å². The van der Waals surface area contributed by atoms with Crippen LogP contribution < -0.4 is 10.1 Å². The smallest absolute Gasteiger partial charge is 0.276 e. The highest BCUT2D eigenvalue weighted by atomic mass is 32.2. The van der Waals surface area contributed by atoms with E-state index in [0.717, 1.165) is 22.4 Å². The minimum Gasteiger partial charge on any atom is -0.302 e. The molecule has 5 nitrogen and oxygen atoms in total. The van der Waals surface area contributed by atoms with Gasteiger partial charge in [-0.2, -0.15) is 13.5 Å². The van der Waals surface area contributed by atoms with Crippen molar-refractivity contribution in [2.24, 2.45) is 11.0 Å². The van der Waals surface area contributed by atoms with Gasteiger partial charge in [0.05, 0.1) is 4.90 Å². The average Bonchev–Trinajstić information content (AvgIpc) is 2.80. The molecule has 6 heteroatoms. The zero-order valence-electron chi connectivity index (χ0n) is 17.7. The van der Waals surface area contributed by atoms with E-state index in [9.17, 15) is 8.42 Å². The van der Waals surface area contributed by atoms with E-state index < -0.39 is 10.0 Å². The third-order valence-corrected chi connectivity index (χ3v) is 7.05. The summed E-state index contributed by atoms with van der Waals surface area (Å²) in [6.07, 6.45) is 0.630. The predicted octanol–water partition coefficient (Wildman–Crippen LogP) is 4.74. The molecule has 1 fully saturated rings. The van der Waals surface area contributed by atoms with Crippen molar-refractivity contribution in [2.75, 3.05) is 0 Å². The fourth-order valence-electron chi connectivity index (χ4n) is 3.99. The number of hydrogen-bond donors (Lipinski definition) is 2. The molecule has 3 atom stereocenters. The molecule has 4 rings (SSSR count). The number of piperidine rings is 1. The van der Waals surface area contributed by atoms with Gasteiger partial charge < -0.3 is 5.32 Å². The molecular formula is C25H27N3O2S. The molecule has 1 heterocycles. The lowest BCUT2D eigenvalue weighted by Crippen LogP contribution is -2.42. The maximum absolute atomic E-state index is 12.8. The van der Waals surface area contributed by atoms with Gasteiger partial charge in [-0.15, -0.1) is 0 Å². The molecule has 1 aliphatic heterocycles. The first-order valence-corrected chi connectivity index (χ1v) is 11.9. The van der Waals surface area contributed by atoms with Gasteiger partial charge in [0.15, 0.2) is 0 Å². The van der Waals surface area contributed by atoms with Crippen LogP contribution in [-0.4, -0.2) is 14.1 Å². The number of sulfonamides is 1. The van der Waals surface area contributed by atoms with Crippen molar-refractivity contribution in [2.45, 2.75) is 37.2 Å². The summed E-state index contributed by atoms with van der Waals surface area (Å²) in [4.78, 5) is 2.68. The Morgan fingerprint density at radius 1 is 0.871 bits per heavy atom. The molecule has 0 bridgehead atoms. The van der Waals surface area contributed by atoms with Gasteiger partial charge in [0, 0.05) is 30.1 Å². The largest absolute Gasteiger partial charge is 0.302 e. The standard InChI is InChI=1S/C25H27N3O2S/c1-18-13-15-22(16-14-18)31(29,30)28-27-23-17-24(20-9-5-3-6-10-20)26-25(19(23)2)21-11-7-4-8-12-21/h3-16,19,24-26,28H,17H2,1-2H3/b27-23-/t19-,24+,25-/m1/s1. The lowest BCUT2D eigenvalue weighted by Gasteiger charge is -2.37. The molecule has 0 amide bonds. The van der Waals surface area contributed by atoms with Crippen LogP contribution in [0.4, 0.5) is 0 Å². The third-order valence-electron chi connectivity index (χ3n) is 5.82. The first-order chi connectivity index (χ1) is 14.9. The van der Waals surface area contributed by atoms with E-state index in [1.54, 1.807) is 24.3 Å². The molecule has 0 saturated carbocycles. The van der Waals surface area contributed by atoms with Gasteiger partial charge in [-0.05, 0) is 30.2 Å². The van der Waals surface area contributed by atoms with Gasteiger partial charge in [0.1, 0.15) is 0 Å². The van der Waals surface area contributed by atoms with Crippen LogP contribution in [0.3, 0.4) is 0 Å². The Hall–Kier alpha value is -2.96.